The minimum atomic E-state index is -0.211. The largest absolute Gasteiger partial charge is 0.326 e. The number of carbonyl (C=O) groups is 2. The van der Waals surface area contributed by atoms with Crippen molar-refractivity contribution in [2.24, 2.45) is 11.0 Å². The standard InChI is InChI=1S/C20H24N6O2S2/c1-12(27)21-19-26-24-18(30-19)15-8-7-14(9-15)11-17-23-25-20(29-17)22-16(28)10-13-5-3-2-4-6-13/h2-6,14-15,20,25H,7-11H2,1H3,(H,22,28)(H,21,26,27)/t14-,15+,20?/m0/s1. The maximum atomic E-state index is 12.2. The Labute approximate surface area is 183 Å². The van der Waals surface area contributed by atoms with E-state index in [-0.39, 0.29) is 17.3 Å². The molecule has 10 heteroatoms. The van der Waals surface area contributed by atoms with E-state index >= 15 is 0 Å². The molecule has 1 aromatic carbocycles. The number of carbonyl (C=O) groups excluding carboxylic acids is 2. The third-order valence-corrected chi connectivity index (χ3v) is 7.13. The van der Waals surface area contributed by atoms with E-state index in [4.69, 9.17) is 0 Å². The molecule has 30 heavy (non-hydrogen) atoms. The molecule has 3 atom stereocenters. The Bertz CT molecular complexity index is 932. The number of nitrogens with one attached hydrogen (secondary N) is 3. The highest BCUT2D eigenvalue weighted by Crippen LogP contribution is 2.42. The summed E-state index contributed by atoms with van der Waals surface area (Å²) >= 11 is 3.04. The molecule has 0 bridgehead atoms. The summed E-state index contributed by atoms with van der Waals surface area (Å²) in [5, 5.41) is 21.0. The second kappa shape index (κ2) is 9.57. The Kier molecular flexibility index (Phi) is 6.63. The van der Waals surface area contributed by atoms with Gasteiger partial charge in [-0.3, -0.25) is 15.0 Å². The Hall–Kier alpha value is -2.46. The molecule has 0 spiro atoms. The zero-order valence-electron chi connectivity index (χ0n) is 16.6. The number of hydrogen-bond acceptors (Lipinski definition) is 8. The molecule has 0 radical (unpaired) electrons. The van der Waals surface area contributed by atoms with Gasteiger partial charge in [-0.2, -0.15) is 5.10 Å². The predicted molar refractivity (Wildman–Crippen MR) is 119 cm³/mol. The number of amides is 2. The van der Waals surface area contributed by atoms with Gasteiger partial charge in [-0.15, -0.1) is 10.2 Å². The van der Waals surface area contributed by atoms with E-state index in [0.717, 1.165) is 41.3 Å². The van der Waals surface area contributed by atoms with Crippen LogP contribution in [0.2, 0.25) is 0 Å². The highest BCUT2D eigenvalue weighted by atomic mass is 32.2. The summed E-state index contributed by atoms with van der Waals surface area (Å²) in [6.07, 6.45) is 4.49. The molecule has 158 valence electrons. The van der Waals surface area contributed by atoms with E-state index in [1.807, 2.05) is 30.3 Å². The Morgan fingerprint density at radius 2 is 2.03 bits per heavy atom. The number of hydrazone groups is 1. The van der Waals surface area contributed by atoms with E-state index in [9.17, 15) is 9.59 Å². The Morgan fingerprint density at radius 3 is 2.83 bits per heavy atom. The lowest BCUT2D eigenvalue weighted by Gasteiger charge is -2.12. The molecule has 3 N–H and O–H groups in total. The molecule has 2 aromatic rings. The van der Waals surface area contributed by atoms with Crippen LogP contribution in [0.4, 0.5) is 5.13 Å². The van der Waals surface area contributed by atoms with Crippen LogP contribution in [0.5, 0.6) is 0 Å². The zero-order chi connectivity index (χ0) is 20.9. The molecule has 1 saturated carbocycles. The molecule has 1 aromatic heterocycles. The molecule has 1 aliphatic heterocycles. The van der Waals surface area contributed by atoms with Gasteiger partial charge in [-0.05, 0) is 30.7 Å². The van der Waals surface area contributed by atoms with Gasteiger partial charge in [0.25, 0.3) is 0 Å². The van der Waals surface area contributed by atoms with Crippen LogP contribution in [0, 0.1) is 5.92 Å². The molecule has 1 aliphatic carbocycles. The van der Waals surface area contributed by atoms with Gasteiger partial charge in [0, 0.05) is 19.3 Å². The number of benzene rings is 1. The van der Waals surface area contributed by atoms with Crippen molar-refractivity contribution in [1.82, 2.24) is 20.9 Å². The maximum Gasteiger partial charge on any atom is 0.226 e. The van der Waals surface area contributed by atoms with Crippen molar-refractivity contribution in [3.63, 3.8) is 0 Å². The number of aromatic nitrogens is 2. The summed E-state index contributed by atoms with van der Waals surface area (Å²) in [4.78, 5) is 23.4. The number of hydrogen-bond donors (Lipinski definition) is 3. The fourth-order valence-corrected chi connectivity index (χ4v) is 5.73. The summed E-state index contributed by atoms with van der Waals surface area (Å²) in [5.41, 5.74) is 3.80. The van der Waals surface area contributed by atoms with Crippen LogP contribution in [-0.2, 0) is 16.0 Å². The summed E-state index contributed by atoms with van der Waals surface area (Å²) in [5.74, 6) is 0.775. The quantitative estimate of drug-likeness (QED) is 0.606. The van der Waals surface area contributed by atoms with Crippen LogP contribution in [0.3, 0.4) is 0 Å². The molecule has 2 heterocycles. The van der Waals surface area contributed by atoms with Gasteiger partial charge in [0.05, 0.1) is 11.5 Å². The fraction of sp³-hybridized carbons (Fsp3) is 0.450. The monoisotopic (exact) mass is 444 g/mol. The topological polar surface area (TPSA) is 108 Å². The first-order valence-corrected chi connectivity index (χ1v) is 11.7. The van der Waals surface area contributed by atoms with Crippen LogP contribution < -0.4 is 16.1 Å². The van der Waals surface area contributed by atoms with Crippen LogP contribution in [0.1, 0.15) is 49.1 Å². The van der Waals surface area contributed by atoms with Gasteiger partial charge in [0.1, 0.15) is 5.01 Å². The lowest BCUT2D eigenvalue weighted by atomic mass is 10.0. The van der Waals surface area contributed by atoms with E-state index in [0.29, 0.717) is 23.4 Å². The molecule has 0 saturated heterocycles. The van der Waals surface area contributed by atoms with Crippen LogP contribution in [0.15, 0.2) is 35.4 Å². The molecule has 1 fully saturated rings. The third-order valence-electron chi connectivity index (χ3n) is 5.14. The van der Waals surface area contributed by atoms with Crippen LogP contribution >= 0.6 is 23.1 Å². The van der Waals surface area contributed by atoms with Crippen LogP contribution in [-0.4, -0.2) is 32.6 Å². The highest BCUT2D eigenvalue weighted by molar-refractivity contribution is 8.14. The summed E-state index contributed by atoms with van der Waals surface area (Å²) in [6, 6.07) is 9.71. The normalized spacial score (nSPS) is 23.0. The minimum absolute atomic E-state index is 0.0187. The van der Waals surface area contributed by atoms with Gasteiger partial charge in [0.2, 0.25) is 16.9 Å². The Morgan fingerprint density at radius 1 is 1.20 bits per heavy atom. The van der Waals surface area contributed by atoms with Gasteiger partial charge in [0.15, 0.2) is 5.50 Å². The van der Waals surface area contributed by atoms with Crippen molar-refractivity contribution in [1.29, 1.82) is 0 Å². The van der Waals surface area contributed by atoms with Crippen LogP contribution in [0.25, 0.3) is 0 Å². The van der Waals surface area contributed by atoms with Crippen molar-refractivity contribution in [3.8, 4) is 0 Å². The minimum Gasteiger partial charge on any atom is -0.326 e. The first-order chi connectivity index (χ1) is 14.5. The van der Waals surface area contributed by atoms with Crippen molar-refractivity contribution >= 4 is 45.1 Å². The zero-order valence-corrected chi connectivity index (χ0v) is 18.3. The highest BCUT2D eigenvalue weighted by Gasteiger charge is 2.31. The average molecular weight is 445 g/mol. The fourth-order valence-electron chi connectivity index (χ4n) is 3.79. The van der Waals surface area contributed by atoms with Gasteiger partial charge in [-0.1, -0.05) is 53.4 Å². The summed E-state index contributed by atoms with van der Waals surface area (Å²) in [7, 11) is 0. The third kappa shape index (κ3) is 5.57. The maximum absolute atomic E-state index is 12.2. The number of nitrogens with zero attached hydrogens (tertiary/aromatic N) is 3. The molecule has 2 amide bonds. The number of thioether (sulfide) groups is 1. The molecule has 8 nitrogen and oxygen atoms in total. The van der Waals surface area contributed by atoms with Crippen molar-refractivity contribution in [3.05, 3.63) is 40.9 Å². The first kappa shape index (κ1) is 20.8. The van der Waals surface area contributed by atoms with Gasteiger partial charge in [-0.25, -0.2) is 0 Å². The second-order valence-electron chi connectivity index (χ2n) is 7.57. The van der Waals surface area contributed by atoms with E-state index in [1.54, 1.807) is 11.8 Å². The Balaban J connectivity index is 1.21. The van der Waals surface area contributed by atoms with Crippen molar-refractivity contribution < 1.29 is 9.59 Å². The first-order valence-electron chi connectivity index (χ1n) is 9.98. The predicted octanol–water partition coefficient (Wildman–Crippen LogP) is 3.06. The SMILES string of the molecule is CC(=O)Nc1nnc([C@@H]2CC[C@H](CC3=NNC(NC(=O)Cc4ccccc4)S3)C2)s1. The lowest BCUT2D eigenvalue weighted by molar-refractivity contribution is -0.120. The van der Waals surface area contributed by atoms with Crippen molar-refractivity contribution in [2.75, 3.05) is 5.32 Å². The smallest absolute Gasteiger partial charge is 0.226 e. The lowest BCUT2D eigenvalue weighted by Crippen LogP contribution is -2.39. The number of rotatable bonds is 7. The van der Waals surface area contributed by atoms with E-state index < -0.39 is 0 Å². The van der Waals surface area contributed by atoms with E-state index in [1.165, 1.54) is 18.3 Å². The molecular formula is C20H24N6O2S2. The summed E-state index contributed by atoms with van der Waals surface area (Å²) in [6.45, 7) is 1.47. The van der Waals surface area contributed by atoms with Gasteiger partial charge < -0.3 is 10.6 Å². The van der Waals surface area contributed by atoms with Crippen molar-refractivity contribution in [2.45, 2.75) is 50.4 Å². The molecule has 1 unspecified atom stereocenters. The molecular weight excluding hydrogens is 420 g/mol. The second-order valence-corrected chi connectivity index (χ2v) is 9.76. The molecule has 4 rings (SSSR count). The average Bonchev–Trinajstić information content (AvgIpc) is 3.44. The number of anilines is 1. The van der Waals surface area contributed by atoms with Gasteiger partial charge >= 0.3 is 0 Å². The molecule has 2 aliphatic rings. The van der Waals surface area contributed by atoms with E-state index in [2.05, 4.69) is 31.4 Å². The summed E-state index contributed by atoms with van der Waals surface area (Å²) < 4.78 is 0.